The number of sulfone groups is 1. The Hall–Kier alpha value is -1.12. The quantitative estimate of drug-likeness (QED) is 0.896. The van der Waals surface area contributed by atoms with Crippen LogP contribution in [-0.2, 0) is 14.6 Å². The zero-order valence-electron chi connectivity index (χ0n) is 13.2. The average Bonchev–Trinajstić information content (AvgIpc) is 3.18. The van der Waals surface area contributed by atoms with Crippen molar-refractivity contribution in [1.82, 2.24) is 4.90 Å². The molecule has 2 atom stereocenters. The van der Waals surface area contributed by atoms with Crippen LogP contribution in [0.4, 0.5) is 9.80 Å². The number of carbonyl (C=O) groups excluding carboxylic acids is 1. The topological polar surface area (TPSA) is 75.7 Å². The molecule has 23 heavy (non-hydrogen) atoms. The highest BCUT2D eigenvalue weighted by Gasteiger charge is 2.36. The Labute approximate surface area is 140 Å². The maximum absolute atomic E-state index is 12.7. The fourth-order valence-electron chi connectivity index (χ4n) is 3.11. The van der Waals surface area contributed by atoms with Crippen molar-refractivity contribution in [2.24, 2.45) is 0 Å². The second-order valence-corrected chi connectivity index (χ2v) is 9.70. The maximum Gasteiger partial charge on any atom is 0.322 e. The molecule has 2 aliphatic heterocycles. The lowest BCUT2D eigenvalue weighted by Crippen LogP contribution is -2.47. The summed E-state index contributed by atoms with van der Waals surface area (Å²) < 4.78 is 29.2. The molecule has 2 fully saturated rings. The van der Waals surface area contributed by atoms with E-state index in [4.69, 9.17) is 4.74 Å². The Morgan fingerprint density at radius 1 is 1.43 bits per heavy atom. The number of rotatable bonds is 4. The van der Waals surface area contributed by atoms with Crippen LogP contribution in [0.2, 0.25) is 0 Å². The Kier molecular flexibility index (Phi) is 4.93. The fraction of sp³-hybridized carbons (Fsp3) is 0.667. The van der Waals surface area contributed by atoms with E-state index in [9.17, 15) is 13.2 Å². The van der Waals surface area contributed by atoms with E-state index in [0.717, 1.165) is 22.7 Å². The molecule has 2 saturated heterocycles. The van der Waals surface area contributed by atoms with Gasteiger partial charge in [-0.05, 0) is 38.3 Å². The van der Waals surface area contributed by atoms with Gasteiger partial charge in [-0.15, -0.1) is 11.3 Å². The van der Waals surface area contributed by atoms with Crippen molar-refractivity contribution in [3.05, 3.63) is 17.0 Å². The van der Waals surface area contributed by atoms with Crippen LogP contribution in [0.25, 0.3) is 0 Å². The van der Waals surface area contributed by atoms with Crippen molar-refractivity contribution >= 4 is 32.2 Å². The second kappa shape index (κ2) is 6.78. The predicted molar refractivity (Wildman–Crippen MR) is 90.8 cm³/mol. The van der Waals surface area contributed by atoms with Gasteiger partial charge in [-0.3, -0.25) is 5.32 Å². The first-order valence-electron chi connectivity index (χ1n) is 7.89. The van der Waals surface area contributed by atoms with Crippen LogP contribution in [0.15, 0.2) is 12.1 Å². The molecule has 0 radical (unpaired) electrons. The van der Waals surface area contributed by atoms with Crippen LogP contribution >= 0.6 is 11.3 Å². The van der Waals surface area contributed by atoms with Gasteiger partial charge in [-0.2, -0.15) is 0 Å². The maximum atomic E-state index is 12.7. The van der Waals surface area contributed by atoms with Gasteiger partial charge in [0.05, 0.1) is 22.6 Å². The third-order valence-electron chi connectivity index (χ3n) is 4.30. The Bertz CT molecular complexity index is 665. The summed E-state index contributed by atoms with van der Waals surface area (Å²) in [7, 11) is -3.04. The smallest absolute Gasteiger partial charge is 0.322 e. The molecule has 1 N–H and O–H groups in total. The van der Waals surface area contributed by atoms with Crippen molar-refractivity contribution in [1.29, 1.82) is 0 Å². The molecule has 1 aromatic rings. The molecule has 2 amide bonds. The molecule has 3 rings (SSSR count). The second-order valence-electron chi connectivity index (χ2n) is 6.18. The van der Waals surface area contributed by atoms with E-state index >= 15 is 0 Å². The van der Waals surface area contributed by atoms with Crippen LogP contribution in [0.3, 0.4) is 0 Å². The van der Waals surface area contributed by atoms with Crippen LogP contribution in [0, 0.1) is 6.92 Å². The predicted octanol–water partition coefficient (Wildman–Crippen LogP) is 2.26. The van der Waals surface area contributed by atoms with Gasteiger partial charge in [0.25, 0.3) is 0 Å². The summed E-state index contributed by atoms with van der Waals surface area (Å²) in [6, 6.07) is 3.33. The number of anilines is 1. The summed E-state index contributed by atoms with van der Waals surface area (Å²) in [6.07, 6.45) is 2.43. The molecule has 0 aliphatic carbocycles. The van der Waals surface area contributed by atoms with E-state index in [2.05, 4.69) is 5.32 Å². The lowest BCUT2D eigenvalue weighted by atomic mass is 10.2. The van der Waals surface area contributed by atoms with Gasteiger partial charge < -0.3 is 9.64 Å². The lowest BCUT2D eigenvalue weighted by molar-refractivity contribution is 0.0751. The highest BCUT2D eigenvalue weighted by Crippen LogP contribution is 2.25. The summed E-state index contributed by atoms with van der Waals surface area (Å²) in [5, 5.41) is 3.68. The van der Waals surface area contributed by atoms with E-state index in [0.29, 0.717) is 19.6 Å². The Morgan fingerprint density at radius 2 is 2.26 bits per heavy atom. The van der Waals surface area contributed by atoms with Crippen molar-refractivity contribution in [3.8, 4) is 0 Å². The molecule has 8 heteroatoms. The molecule has 1 aromatic heterocycles. The van der Waals surface area contributed by atoms with Gasteiger partial charge in [0, 0.05) is 24.1 Å². The first kappa shape index (κ1) is 16.7. The molecule has 2 unspecified atom stereocenters. The third kappa shape index (κ3) is 4.24. The summed E-state index contributed by atoms with van der Waals surface area (Å²) in [6.45, 7) is 3.15. The normalized spacial score (nSPS) is 26.3. The number of ether oxygens (including phenoxy) is 1. The number of amides is 2. The van der Waals surface area contributed by atoms with Gasteiger partial charge in [-0.25, -0.2) is 13.2 Å². The molecule has 0 bridgehead atoms. The Morgan fingerprint density at radius 3 is 2.83 bits per heavy atom. The monoisotopic (exact) mass is 358 g/mol. The van der Waals surface area contributed by atoms with Crippen LogP contribution in [0.1, 0.15) is 24.1 Å². The van der Waals surface area contributed by atoms with Crippen LogP contribution in [0.5, 0.6) is 0 Å². The zero-order valence-corrected chi connectivity index (χ0v) is 14.8. The molecular weight excluding hydrogens is 336 g/mol. The van der Waals surface area contributed by atoms with E-state index in [1.165, 1.54) is 11.3 Å². The minimum atomic E-state index is -3.04. The van der Waals surface area contributed by atoms with Crippen molar-refractivity contribution in [3.63, 3.8) is 0 Å². The van der Waals surface area contributed by atoms with Crippen LogP contribution < -0.4 is 5.32 Å². The molecule has 0 saturated carbocycles. The van der Waals surface area contributed by atoms with Gasteiger partial charge in [0.15, 0.2) is 9.84 Å². The standard InChI is InChI=1S/C15H22N2O4S2/c1-11-4-5-14(22-11)16-15(18)17(9-13-3-2-7-21-13)12-6-8-23(19,20)10-12/h4-5,12-13H,2-3,6-10H2,1H3,(H,16,18). The van der Waals surface area contributed by atoms with Crippen molar-refractivity contribution in [2.45, 2.75) is 38.3 Å². The molecule has 0 aromatic carbocycles. The largest absolute Gasteiger partial charge is 0.376 e. The summed E-state index contributed by atoms with van der Waals surface area (Å²) in [5.74, 6) is 0.210. The molecule has 3 heterocycles. The first-order valence-corrected chi connectivity index (χ1v) is 10.5. The molecular formula is C15H22N2O4S2. The summed E-state index contributed by atoms with van der Waals surface area (Å²) >= 11 is 1.51. The number of carbonyl (C=O) groups is 1. The minimum absolute atomic E-state index is 0.00845. The van der Waals surface area contributed by atoms with E-state index in [1.54, 1.807) is 4.90 Å². The van der Waals surface area contributed by atoms with Gasteiger partial charge in [-0.1, -0.05) is 0 Å². The van der Waals surface area contributed by atoms with Gasteiger partial charge >= 0.3 is 6.03 Å². The first-order chi connectivity index (χ1) is 10.9. The average molecular weight is 358 g/mol. The number of aryl methyl sites for hydroxylation is 1. The number of hydrogen-bond acceptors (Lipinski definition) is 5. The lowest BCUT2D eigenvalue weighted by Gasteiger charge is -2.30. The SMILES string of the molecule is Cc1ccc(NC(=O)N(CC2CCCO2)C2CCS(=O)(=O)C2)s1. The van der Waals surface area contributed by atoms with Crippen molar-refractivity contribution in [2.75, 3.05) is 30.0 Å². The van der Waals surface area contributed by atoms with E-state index < -0.39 is 9.84 Å². The highest BCUT2D eigenvalue weighted by molar-refractivity contribution is 7.91. The summed E-state index contributed by atoms with van der Waals surface area (Å²) in [4.78, 5) is 15.5. The Balaban J connectivity index is 1.72. The van der Waals surface area contributed by atoms with Gasteiger partial charge in [0.2, 0.25) is 0 Å². The third-order valence-corrected chi connectivity index (χ3v) is 6.97. The number of thiophene rings is 1. The fourth-order valence-corrected chi connectivity index (χ4v) is 5.59. The van der Waals surface area contributed by atoms with Gasteiger partial charge in [0.1, 0.15) is 0 Å². The van der Waals surface area contributed by atoms with E-state index in [1.807, 2.05) is 19.1 Å². The highest BCUT2D eigenvalue weighted by atomic mass is 32.2. The molecule has 6 nitrogen and oxygen atoms in total. The zero-order chi connectivity index (χ0) is 16.4. The minimum Gasteiger partial charge on any atom is -0.376 e. The molecule has 2 aliphatic rings. The van der Waals surface area contributed by atoms with Crippen LogP contribution in [-0.4, -0.2) is 56.2 Å². The number of hydrogen-bond donors (Lipinski definition) is 1. The number of nitrogens with zero attached hydrogens (tertiary/aromatic N) is 1. The molecule has 0 spiro atoms. The molecule has 128 valence electrons. The van der Waals surface area contributed by atoms with Crippen molar-refractivity contribution < 1.29 is 17.9 Å². The number of nitrogens with one attached hydrogen (secondary N) is 1. The number of urea groups is 1. The summed E-state index contributed by atoms with van der Waals surface area (Å²) in [5.41, 5.74) is 0. The van der Waals surface area contributed by atoms with E-state index in [-0.39, 0.29) is 29.7 Å².